The van der Waals surface area contributed by atoms with Gasteiger partial charge in [-0.3, -0.25) is 4.79 Å². The molecular weight excluding hydrogens is 420 g/mol. The zero-order chi connectivity index (χ0) is 24.0. The van der Waals surface area contributed by atoms with E-state index in [1.165, 1.54) is 0 Å². The summed E-state index contributed by atoms with van der Waals surface area (Å²) in [6.07, 6.45) is 4.22. The Morgan fingerprint density at radius 1 is 1.03 bits per heavy atom. The number of hydrogen-bond acceptors (Lipinski definition) is 6. The van der Waals surface area contributed by atoms with Crippen molar-refractivity contribution in [2.24, 2.45) is 5.92 Å². The van der Waals surface area contributed by atoms with E-state index < -0.39 is 17.7 Å². The summed E-state index contributed by atoms with van der Waals surface area (Å²) in [4.78, 5) is 35.7. The zero-order valence-corrected chi connectivity index (χ0v) is 20.1. The summed E-state index contributed by atoms with van der Waals surface area (Å²) in [5.41, 5.74) is 1.36. The number of carbonyl (C=O) groups excluding carboxylic acids is 2. The number of amides is 2. The van der Waals surface area contributed by atoms with Crippen LogP contribution in [0, 0.1) is 5.92 Å². The standard InChI is InChI=1S/C25H34N4O4/c1-17(2)21(28-24(31)33-25(3,4)5)22(30)29-13-11-20(12-14-29)32-23-26-15-19(16-27-23)18-9-7-6-8-10-18/h6-10,15-17,20-21H,11-14H2,1-5H3,(H,28,31)/t21-/m0/s1. The van der Waals surface area contributed by atoms with E-state index in [0.29, 0.717) is 31.9 Å². The molecule has 178 valence electrons. The van der Waals surface area contributed by atoms with Crippen molar-refractivity contribution in [2.45, 2.75) is 65.2 Å². The van der Waals surface area contributed by atoms with Crippen LogP contribution in [0.2, 0.25) is 0 Å². The maximum atomic E-state index is 13.1. The molecule has 1 saturated heterocycles. The molecule has 1 fully saturated rings. The number of benzene rings is 1. The van der Waals surface area contributed by atoms with Crippen molar-refractivity contribution in [3.8, 4) is 17.1 Å². The number of piperidine rings is 1. The molecule has 0 radical (unpaired) electrons. The Kier molecular flexibility index (Phi) is 7.89. The van der Waals surface area contributed by atoms with Crippen LogP contribution in [-0.4, -0.2) is 57.7 Å². The molecule has 3 rings (SSSR count). The van der Waals surface area contributed by atoms with Crippen LogP contribution >= 0.6 is 0 Å². The van der Waals surface area contributed by atoms with Gasteiger partial charge in [-0.2, -0.15) is 0 Å². The average Bonchev–Trinajstić information content (AvgIpc) is 2.77. The van der Waals surface area contributed by atoms with Crippen LogP contribution in [0.3, 0.4) is 0 Å². The molecule has 8 nitrogen and oxygen atoms in total. The van der Waals surface area contributed by atoms with Crippen LogP contribution < -0.4 is 10.1 Å². The normalized spacial score (nSPS) is 15.8. The first kappa shape index (κ1) is 24.5. The fraction of sp³-hybridized carbons (Fsp3) is 0.520. The number of nitrogens with zero attached hydrogens (tertiary/aromatic N) is 3. The van der Waals surface area contributed by atoms with Gasteiger partial charge in [-0.15, -0.1) is 0 Å². The summed E-state index contributed by atoms with van der Waals surface area (Å²) < 4.78 is 11.3. The number of likely N-dealkylation sites (tertiary alicyclic amines) is 1. The summed E-state index contributed by atoms with van der Waals surface area (Å²) in [5.74, 6) is -0.159. The molecule has 1 aliphatic rings. The average molecular weight is 455 g/mol. The second kappa shape index (κ2) is 10.6. The van der Waals surface area contributed by atoms with E-state index in [9.17, 15) is 9.59 Å². The van der Waals surface area contributed by atoms with Crippen molar-refractivity contribution in [3.63, 3.8) is 0 Å². The number of hydrogen-bond donors (Lipinski definition) is 1. The van der Waals surface area contributed by atoms with E-state index in [1.807, 2.05) is 44.2 Å². The van der Waals surface area contributed by atoms with E-state index in [1.54, 1.807) is 38.1 Å². The molecule has 1 atom stereocenters. The molecule has 0 spiro atoms. The number of ether oxygens (including phenoxy) is 2. The number of nitrogens with one attached hydrogen (secondary N) is 1. The highest BCUT2D eigenvalue weighted by molar-refractivity contribution is 5.86. The third-order valence-electron chi connectivity index (χ3n) is 5.37. The Hall–Kier alpha value is -3.16. The first-order chi connectivity index (χ1) is 15.6. The Balaban J connectivity index is 1.52. The quantitative estimate of drug-likeness (QED) is 0.707. The van der Waals surface area contributed by atoms with E-state index >= 15 is 0 Å². The van der Waals surface area contributed by atoms with Crippen molar-refractivity contribution >= 4 is 12.0 Å². The second-order valence-electron chi connectivity index (χ2n) is 9.63. The van der Waals surface area contributed by atoms with Crippen LogP contribution in [0.4, 0.5) is 4.79 Å². The molecule has 2 aromatic rings. The summed E-state index contributed by atoms with van der Waals surface area (Å²) in [5, 5.41) is 2.74. The SMILES string of the molecule is CC(C)[C@H](NC(=O)OC(C)(C)C)C(=O)N1CCC(Oc2ncc(-c3ccccc3)cn2)CC1. The zero-order valence-electron chi connectivity index (χ0n) is 20.1. The van der Waals surface area contributed by atoms with Gasteiger partial charge in [0.05, 0.1) is 0 Å². The van der Waals surface area contributed by atoms with E-state index in [-0.39, 0.29) is 17.9 Å². The number of aromatic nitrogens is 2. The molecule has 1 aliphatic heterocycles. The van der Waals surface area contributed by atoms with E-state index in [4.69, 9.17) is 9.47 Å². The smallest absolute Gasteiger partial charge is 0.408 e. The van der Waals surface area contributed by atoms with Crippen LogP contribution in [0.5, 0.6) is 6.01 Å². The van der Waals surface area contributed by atoms with Gasteiger partial charge in [0, 0.05) is 43.9 Å². The third-order valence-corrected chi connectivity index (χ3v) is 5.37. The molecule has 2 amide bonds. The van der Waals surface area contributed by atoms with E-state index in [0.717, 1.165) is 11.1 Å². The van der Waals surface area contributed by atoms with Crippen LogP contribution in [0.15, 0.2) is 42.7 Å². The summed E-state index contributed by atoms with van der Waals surface area (Å²) in [6.45, 7) is 10.3. The minimum atomic E-state index is -0.633. The first-order valence-electron chi connectivity index (χ1n) is 11.4. The highest BCUT2D eigenvalue weighted by Crippen LogP contribution is 2.21. The van der Waals surface area contributed by atoms with Crippen molar-refractivity contribution in [3.05, 3.63) is 42.7 Å². The van der Waals surface area contributed by atoms with Gasteiger partial charge in [0.1, 0.15) is 17.7 Å². The predicted octanol–water partition coefficient (Wildman–Crippen LogP) is 4.06. The molecular formula is C25H34N4O4. The number of alkyl carbamates (subject to hydrolysis) is 1. The highest BCUT2D eigenvalue weighted by Gasteiger charge is 2.33. The molecule has 2 heterocycles. The lowest BCUT2D eigenvalue weighted by molar-refractivity contribution is -0.136. The third kappa shape index (κ3) is 7.17. The van der Waals surface area contributed by atoms with Gasteiger partial charge >= 0.3 is 12.1 Å². The molecule has 0 unspecified atom stereocenters. The van der Waals surface area contributed by atoms with Crippen LogP contribution in [-0.2, 0) is 9.53 Å². The summed E-state index contributed by atoms with van der Waals surface area (Å²) in [7, 11) is 0. The van der Waals surface area contributed by atoms with Gasteiger partial charge in [0.15, 0.2) is 0 Å². The van der Waals surface area contributed by atoms with Crippen molar-refractivity contribution in [1.29, 1.82) is 0 Å². The van der Waals surface area contributed by atoms with Crippen LogP contribution in [0.1, 0.15) is 47.5 Å². The van der Waals surface area contributed by atoms with Gasteiger partial charge < -0.3 is 19.7 Å². The molecule has 0 aliphatic carbocycles. The Morgan fingerprint density at radius 2 is 1.64 bits per heavy atom. The topological polar surface area (TPSA) is 93.7 Å². The lowest BCUT2D eigenvalue weighted by Gasteiger charge is -2.35. The summed E-state index contributed by atoms with van der Waals surface area (Å²) in [6, 6.07) is 9.64. The van der Waals surface area contributed by atoms with Crippen molar-refractivity contribution < 1.29 is 19.1 Å². The maximum absolute atomic E-state index is 13.1. The monoisotopic (exact) mass is 454 g/mol. The largest absolute Gasteiger partial charge is 0.460 e. The van der Waals surface area contributed by atoms with Crippen molar-refractivity contribution in [2.75, 3.05) is 13.1 Å². The Bertz CT molecular complexity index is 918. The second-order valence-corrected chi connectivity index (χ2v) is 9.63. The molecule has 0 saturated carbocycles. The fourth-order valence-corrected chi connectivity index (χ4v) is 3.64. The van der Waals surface area contributed by atoms with E-state index in [2.05, 4.69) is 15.3 Å². The predicted molar refractivity (Wildman–Crippen MR) is 126 cm³/mol. The van der Waals surface area contributed by atoms with Gasteiger partial charge in [-0.25, -0.2) is 14.8 Å². The number of rotatable bonds is 6. The molecule has 1 aromatic carbocycles. The lowest BCUT2D eigenvalue weighted by Crippen LogP contribution is -2.54. The highest BCUT2D eigenvalue weighted by atomic mass is 16.6. The maximum Gasteiger partial charge on any atom is 0.408 e. The molecule has 0 bridgehead atoms. The Labute approximate surface area is 195 Å². The van der Waals surface area contributed by atoms with Gasteiger partial charge in [-0.1, -0.05) is 44.2 Å². The molecule has 1 aromatic heterocycles. The van der Waals surface area contributed by atoms with Gasteiger partial charge in [0.2, 0.25) is 5.91 Å². The van der Waals surface area contributed by atoms with Gasteiger partial charge in [-0.05, 0) is 32.3 Å². The number of carbonyl (C=O) groups is 2. The molecule has 8 heteroatoms. The minimum absolute atomic E-state index is 0.0597. The van der Waals surface area contributed by atoms with Crippen LogP contribution in [0.25, 0.3) is 11.1 Å². The fourth-order valence-electron chi connectivity index (χ4n) is 3.64. The van der Waals surface area contributed by atoms with Gasteiger partial charge in [0.25, 0.3) is 0 Å². The molecule has 1 N–H and O–H groups in total. The molecule has 33 heavy (non-hydrogen) atoms. The Morgan fingerprint density at radius 3 is 2.18 bits per heavy atom. The summed E-state index contributed by atoms with van der Waals surface area (Å²) >= 11 is 0. The van der Waals surface area contributed by atoms with Crippen molar-refractivity contribution in [1.82, 2.24) is 20.2 Å². The first-order valence-corrected chi connectivity index (χ1v) is 11.4. The lowest BCUT2D eigenvalue weighted by atomic mass is 10.0. The minimum Gasteiger partial charge on any atom is -0.460 e.